The number of amides is 1. The Morgan fingerprint density at radius 3 is 2.56 bits per heavy atom. The number of halogens is 4. The summed E-state index contributed by atoms with van der Waals surface area (Å²) in [5.74, 6) is -0.438. The Morgan fingerprint density at radius 2 is 1.88 bits per heavy atom. The van der Waals surface area contributed by atoms with Crippen molar-refractivity contribution < 1.29 is 22.4 Å². The van der Waals surface area contributed by atoms with E-state index in [1.807, 2.05) is 0 Å². The van der Waals surface area contributed by atoms with Crippen LogP contribution in [0.1, 0.15) is 35.2 Å². The quantitative estimate of drug-likeness (QED) is 0.619. The van der Waals surface area contributed by atoms with Gasteiger partial charge in [-0.25, -0.2) is 9.37 Å². The Bertz CT molecular complexity index is 1130. The van der Waals surface area contributed by atoms with E-state index in [0.29, 0.717) is 12.2 Å². The van der Waals surface area contributed by atoms with Gasteiger partial charge in [0.15, 0.2) is 0 Å². The first-order valence-electron chi connectivity index (χ1n) is 10.1. The first-order chi connectivity index (χ1) is 15.3. The molecular formula is C21H18F4N6O. The van der Waals surface area contributed by atoms with Crippen molar-refractivity contribution in [3.8, 4) is 5.69 Å². The zero-order valence-corrected chi connectivity index (χ0v) is 16.6. The maximum Gasteiger partial charge on any atom is 0.417 e. The molecule has 2 fully saturated rings. The number of nitrogens with one attached hydrogen (secondary N) is 1. The monoisotopic (exact) mass is 446 g/mol. The zero-order valence-electron chi connectivity index (χ0n) is 16.6. The van der Waals surface area contributed by atoms with Crippen molar-refractivity contribution in [2.75, 3.05) is 5.32 Å². The summed E-state index contributed by atoms with van der Waals surface area (Å²) in [5, 5.41) is 11.2. The van der Waals surface area contributed by atoms with Gasteiger partial charge in [-0.05, 0) is 43.5 Å². The van der Waals surface area contributed by atoms with E-state index in [1.165, 1.54) is 41.5 Å². The lowest BCUT2D eigenvalue weighted by molar-refractivity contribution is -0.137. The van der Waals surface area contributed by atoms with Crippen LogP contribution in [0.5, 0.6) is 0 Å². The normalized spacial score (nSPS) is 22.4. The molecule has 166 valence electrons. The van der Waals surface area contributed by atoms with Gasteiger partial charge >= 0.3 is 6.18 Å². The van der Waals surface area contributed by atoms with Crippen molar-refractivity contribution in [3.63, 3.8) is 0 Å². The summed E-state index contributed by atoms with van der Waals surface area (Å²) < 4.78 is 52.2. The Labute approximate surface area is 180 Å². The minimum Gasteiger partial charge on any atom is -0.365 e. The molecule has 2 saturated heterocycles. The number of rotatable bonds is 4. The van der Waals surface area contributed by atoms with E-state index < -0.39 is 17.6 Å². The summed E-state index contributed by atoms with van der Waals surface area (Å²) in [7, 11) is 0. The van der Waals surface area contributed by atoms with E-state index >= 15 is 0 Å². The highest BCUT2D eigenvalue weighted by atomic mass is 19.4. The van der Waals surface area contributed by atoms with E-state index in [4.69, 9.17) is 0 Å². The first-order valence-corrected chi connectivity index (χ1v) is 10.1. The number of hydrogen-bond acceptors (Lipinski definition) is 5. The Hall–Kier alpha value is -3.50. The average Bonchev–Trinajstić information content (AvgIpc) is 3.49. The summed E-state index contributed by atoms with van der Waals surface area (Å²) in [6.45, 7) is 0. The zero-order chi connectivity index (χ0) is 22.5. The van der Waals surface area contributed by atoms with Crippen LogP contribution in [0.25, 0.3) is 5.69 Å². The maximum atomic E-state index is 13.9. The molecule has 1 N–H and O–H groups in total. The van der Waals surface area contributed by atoms with E-state index in [2.05, 4.69) is 20.5 Å². The van der Waals surface area contributed by atoms with Gasteiger partial charge in [0.05, 0.1) is 29.6 Å². The number of carbonyl (C=O) groups excluding carboxylic acids is 1. The number of hydrogen-bond donors (Lipinski definition) is 1. The van der Waals surface area contributed by atoms with Gasteiger partial charge in [0.1, 0.15) is 17.3 Å². The molecule has 5 rings (SSSR count). The molecule has 0 aliphatic carbocycles. The van der Waals surface area contributed by atoms with E-state index in [-0.39, 0.29) is 35.3 Å². The molecule has 0 radical (unpaired) electrons. The third-order valence-electron chi connectivity index (χ3n) is 6.02. The predicted molar refractivity (Wildman–Crippen MR) is 106 cm³/mol. The van der Waals surface area contributed by atoms with Crippen LogP contribution in [0.3, 0.4) is 0 Å². The molecule has 3 unspecified atom stereocenters. The number of fused-ring (bicyclic) bond motifs is 2. The van der Waals surface area contributed by atoms with Crippen molar-refractivity contribution >= 4 is 11.7 Å². The van der Waals surface area contributed by atoms with Gasteiger partial charge in [-0.3, -0.25) is 4.79 Å². The van der Waals surface area contributed by atoms with Crippen molar-refractivity contribution in [3.05, 3.63) is 65.9 Å². The van der Waals surface area contributed by atoms with Crippen molar-refractivity contribution in [2.24, 2.45) is 0 Å². The molecule has 0 spiro atoms. The van der Waals surface area contributed by atoms with Gasteiger partial charge in [0.2, 0.25) is 0 Å². The highest BCUT2D eigenvalue weighted by molar-refractivity contribution is 5.98. The van der Waals surface area contributed by atoms with Crippen LogP contribution in [-0.4, -0.2) is 48.9 Å². The van der Waals surface area contributed by atoms with Crippen LogP contribution in [0.2, 0.25) is 0 Å². The Kier molecular flexibility index (Phi) is 4.83. The van der Waals surface area contributed by atoms with E-state index in [9.17, 15) is 22.4 Å². The molecular weight excluding hydrogens is 428 g/mol. The highest BCUT2D eigenvalue weighted by Gasteiger charge is 2.49. The SMILES string of the molecule is O=C(c1ccc(F)cc1-n1nccn1)N1C2CCC1C(Nc1ccc(C(F)(F)F)cn1)C2. The summed E-state index contributed by atoms with van der Waals surface area (Å²) in [4.78, 5) is 20.3. The topological polar surface area (TPSA) is 75.9 Å². The lowest BCUT2D eigenvalue weighted by atomic mass is 9.95. The number of pyridine rings is 1. The molecule has 2 aliphatic rings. The number of anilines is 1. The Morgan fingerprint density at radius 1 is 1.09 bits per heavy atom. The smallest absolute Gasteiger partial charge is 0.365 e. The summed E-state index contributed by atoms with van der Waals surface area (Å²) >= 11 is 0. The summed E-state index contributed by atoms with van der Waals surface area (Å²) in [5.41, 5.74) is -0.281. The first kappa shape index (κ1) is 20.4. The second-order valence-corrected chi connectivity index (χ2v) is 7.91. The van der Waals surface area contributed by atoms with Crippen molar-refractivity contribution in [1.82, 2.24) is 24.9 Å². The lowest BCUT2D eigenvalue weighted by Crippen LogP contribution is -2.40. The number of aromatic nitrogens is 4. The van der Waals surface area contributed by atoms with E-state index in [1.54, 1.807) is 4.90 Å². The van der Waals surface area contributed by atoms with Gasteiger partial charge in [0.25, 0.3) is 5.91 Å². The fourth-order valence-electron chi connectivity index (χ4n) is 4.63. The van der Waals surface area contributed by atoms with Gasteiger partial charge in [-0.15, -0.1) is 0 Å². The molecule has 2 aromatic heterocycles. The molecule has 1 aromatic carbocycles. The molecule has 0 saturated carbocycles. The molecule has 11 heteroatoms. The molecule has 4 heterocycles. The number of alkyl halides is 3. The average molecular weight is 446 g/mol. The van der Waals surface area contributed by atoms with Gasteiger partial charge in [-0.1, -0.05) is 0 Å². The predicted octanol–water partition coefficient (Wildman–Crippen LogP) is 3.68. The number of nitrogens with zero attached hydrogens (tertiary/aromatic N) is 5. The molecule has 3 aromatic rings. The van der Waals surface area contributed by atoms with Gasteiger partial charge < -0.3 is 10.2 Å². The minimum absolute atomic E-state index is 0.0251. The molecule has 32 heavy (non-hydrogen) atoms. The molecule has 3 atom stereocenters. The van der Waals surface area contributed by atoms with Crippen LogP contribution in [-0.2, 0) is 6.18 Å². The number of carbonyl (C=O) groups is 1. The summed E-state index contributed by atoms with van der Waals surface area (Å²) in [6, 6.07) is 5.81. The molecule has 7 nitrogen and oxygen atoms in total. The standard InChI is InChI=1S/C21H18F4N6O/c22-13-2-4-15(18(9-13)31-27-7-8-28-31)20(32)30-14-3-5-17(30)16(10-14)29-19-6-1-12(11-26-19)21(23,24)25/h1-2,4,6-9,11,14,16-17H,3,5,10H2,(H,26,29). The van der Waals surface area contributed by atoms with Crippen LogP contribution < -0.4 is 5.32 Å². The second kappa shape index (κ2) is 7.57. The fourth-order valence-corrected chi connectivity index (χ4v) is 4.63. The Balaban J connectivity index is 1.37. The van der Waals surface area contributed by atoms with E-state index in [0.717, 1.165) is 25.1 Å². The van der Waals surface area contributed by atoms with Crippen LogP contribution in [0.15, 0.2) is 48.9 Å². The lowest BCUT2D eigenvalue weighted by Gasteiger charge is -2.26. The van der Waals surface area contributed by atoms with Crippen LogP contribution >= 0.6 is 0 Å². The van der Waals surface area contributed by atoms with Crippen LogP contribution in [0, 0.1) is 5.82 Å². The number of benzene rings is 1. The fraction of sp³-hybridized carbons (Fsp3) is 0.333. The van der Waals surface area contributed by atoms with Crippen molar-refractivity contribution in [2.45, 2.75) is 43.6 Å². The third kappa shape index (κ3) is 3.57. The van der Waals surface area contributed by atoms with Crippen molar-refractivity contribution in [1.29, 1.82) is 0 Å². The molecule has 2 aliphatic heterocycles. The van der Waals surface area contributed by atoms with Gasteiger partial charge in [-0.2, -0.15) is 28.2 Å². The van der Waals surface area contributed by atoms with Gasteiger partial charge in [0, 0.05) is 24.3 Å². The highest BCUT2D eigenvalue weighted by Crippen LogP contribution is 2.40. The minimum atomic E-state index is -4.45. The third-order valence-corrected chi connectivity index (χ3v) is 6.02. The van der Waals surface area contributed by atoms with Crippen LogP contribution in [0.4, 0.5) is 23.4 Å². The summed E-state index contributed by atoms with van der Waals surface area (Å²) in [6.07, 6.45) is 1.45. The second-order valence-electron chi connectivity index (χ2n) is 7.91. The largest absolute Gasteiger partial charge is 0.417 e. The molecule has 2 bridgehead atoms. The molecule has 1 amide bonds. The maximum absolute atomic E-state index is 13.9.